The van der Waals surface area contributed by atoms with Crippen molar-refractivity contribution in [1.82, 2.24) is 23.7 Å². The Morgan fingerprint density at radius 3 is 2.58 bits per heavy atom. The lowest BCUT2D eigenvalue weighted by Crippen LogP contribution is -2.49. The minimum absolute atomic E-state index is 0.260. The van der Waals surface area contributed by atoms with Crippen LogP contribution in [0.25, 0.3) is 21.9 Å². The number of aromatic nitrogens is 3. The summed E-state index contributed by atoms with van der Waals surface area (Å²) < 4.78 is 43.4. The summed E-state index contributed by atoms with van der Waals surface area (Å²) in [7, 11) is -3.61. The molecule has 0 aliphatic carbocycles. The summed E-state index contributed by atoms with van der Waals surface area (Å²) in [5.41, 5.74) is 2.04. The van der Waals surface area contributed by atoms with Crippen LogP contribution >= 0.6 is 0 Å². The summed E-state index contributed by atoms with van der Waals surface area (Å²) in [6.45, 7) is 3.65. The molecule has 9 heteroatoms. The molecule has 5 rings (SSSR count). The minimum Gasteiger partial charge on any atom is -0.329 e. The lowest BCUT2D eigenvalue weighted by molar-refractivity contribution is 0.183. The first kappa shape index (κ1) is 20.0. The quantitative estimate of drug-likeness (QED) is 0.478. The molecule has 0 spiro atoms. The molecule has 0 radical (unpaired) electrons. The van der Waals surface area contributed by atoms with Crippen molar-refractivity contribution in [2.45, 2.75) is 11.4 Å². The molecule has 3 heterocycles. The van der Waals surface area contributed by atoms with Gasteiger partial charge in [0.1, 0.15) is 10.7 Å². The number of fused-ring (bicyclic) bond motifs is 2. The van der Waals surface area contributed by atoms with Crippen LogP contribution < -0.4 is 0 Å². The molecule has 4 aromatic rings. The van der Waals surface area contributed by atoms with Crippen molar-refractivity contribution >= 4 is 32.0 Å². The second kappa shape index (κ2) is 7.99. The van der Waals surface area contributed by atoms with Crippen molar-refractivity contribution in [2.24, 2.45) is 0 Å². The van der Waals surface area contributed by atoms with E-state index in [9.17, 15) is 12.8 Å². The third kappa shape index (κ3) is 3.80. The monoisotopic (exact) mass is 439 g/mol. The van der Waals surface area contributed by atoms with Gasteiger partial charge in [-0.2, -0.15) is 4.31 Å². The number of benzene rings is 2. The van der Waals surface area contributed by atoms with E-state index in [-0.39, 0.29) is 10.7 Å². The molecule has 0 N–H and O–H groups in total. The lowest BCUT2D eigenvalue weighted by Gasteiger charge is -2.34. The Kier molecular flexibility index (Phi) is 5.17. The number of halogens is 1. The number of para-hydroxylation sites is 1. The molecule has 1 aliphatic rings. The summed E-state index contributed by atoms with van der Waals surface area (Å²) in [6, 6.07) is 13.5. The fourth-order valence-electron chi connectivity index (χ4n) is 4.08. The van der Waals surface area contributed by atoms with Crippen LogP contribution in [0, 0.1) is 5.82 Å². The Bertz CT molecular complexity index is 1340. The Hall–Kier alpha value is -2.88. The predicted molar refractivity (Wildman–Crippen MR) is 117 cm³/mol. The van der Waals surface area contributed by atoms with Gasteiger partial charge in [-0.05, 0) is 24.3 Å². The number of pyridine rings is 1. The molecule has 0 bridgehead atoms. The van der Waals surface area contributed by atoms with Gasteiger partial charge in [0, 0.05) is 56.9 Å². The molecule has 7 nitrogen and oxygen atoms in total. The first-order valence-electron chi connectivity index (χ1n) is 10.2. The zero-order valence-corrected chi connectivity index (χ0v) is 17.7. The topological polar surface area (TPSA) is 71.3 Å². The average Bonchev–Trinajstić information content (AvgIpc) is 3.19. The van der Waals surface area contributed by atoms with E-state index in [0.717, 1.165) is 17.4 Å². The van der Waals surface area contributed by atoms with Crippen LogP contribution in [0.2, 0.25) is 0 Å². The highest BCUT2D eigenvalue weighted by Gasteiger charge is 2.30. The van der Waals surface area contributed by atoms with Gasteiger partial charge >= 0.3 is 0 Å². The second-order valence-electron chi connectivity index (χ2n) is 7.65. The molecule has 0 amide bonds. The van der Waals surface area contributed by atoms with E-state index in [1.54, 1.807) is 41.1 Å². The molecular formula is C22H22FN5O2S. The highest BCUT2D eigenvalue weighted by atomic mass is 32.2. The van der Waals surface area contributed by atoms with Gasteiger partial charge < -0.3 is 4.57 Å². The molecule has 0 atom stereocenters. The van der Waals surface area contributed by atoms with Gasteiger partial charge in [-0.15, -0.1) is 0 Å². The number of nitrogens with zero attached hydrogens (tertiary/aromatic N) is 5. The number of hydrogen-bond acceptors (Lipinski definition) is 5. The molecule has 2 aromatic heterocycles. The third-order valence-electron chi connectivity index (χ3n) is 5.79. The summed E-state index contributed by atoms with van der Waals surface area (Å²) in [4.78, 5) is 11.1. The van der Waals surface area contributed by atoms with Crippen LogP contribution in [-0.4, -0.2) is 64.9 Å². The largest absolute Gasteiger partial charge is 0.329 e. The van der Waals surface area contributed by atoms with Crippen molar-refractivity contribution in [1.29, 1.82) is 0 Å². The van der Waals surface area contributed by atoms with Gasteiger partial charge in [-0.25, -0.2) is 17.8 Å². The van der Waals surface area contributed by atoms with Crippen LogP contribution in [-0.2, 0) is 16.6 Å². The van der Waals surface area contributed by atoms with Crippen LogP contribution in [0.5, 0.6) is 0 Å². The number of piperazine rings is 1. The van der Waals surface area contributed by atoms with Crippen molar-refractivity contribution < 1.29 is 12.8 Å². The van der Waals surface area contributed by atoms with E-state index in [1.807, 2.05) is 16.7 Å². The normalized spacial score (nSPS) is 16.3. The first-order chi connectivity index (χ1) is 15.0. The maximum atomic E-state index is 13.3. The standard InChI is InChI=1S/C22H22FN5O2S/c23-18-6-7-20-19(15-18)25-16-27(20)12-9-26-10-13-28(14-11-26)31(29,30)21-5-1-3-17-4-2-8-24-22(17)21/h1-8,15-16H,9-14H2. The van der Waals surface area contributed by atoms with Gasteiger partial charge in [-0.1, -0.05) is 18.2 Å². The fourth-order valence-corrected chi connectivity index (χ4v) is 5.67. The van der Waals surface area contributed by atoms with E-state index in [4.69, 9.17) is 0 Å². The maximum Gasteiger partial charge on any atom is 0.245 e. The van der Waals surface area contributed by atoms with E-state index < -0.39 is 10.0 Å². The number of sulfonamides is 1. The Balaban J connectivity index is 1.25. The summed E-state index contributed by atoms with van der Waals surface area (Å²) in [5.74, 6) is -0.295. The molecule has 31 heavy (non-hydrogen) atoms. The van der Waals surface area contributed by atoms with E-state index in [2.05, 4.69) is 14.9 Å². The minimum atomic E-state index is -3.61. The highest BCUT2D eigenvalue weighted by molar-refractivity contribution is 7.89. The Morgan fingerprint density at radius 1 is 0.935 bits per heavy atom. The molecule has 1 saturated heterocycles. The van der Waals surface area contributed by atoms with E-state index >= 15 is 0 Å². The zero-order valence-electron chi connectivity index (χ0n) is 16.9. The smallest absolute Gasteiger partial charge is 0.245 e. The second-order valence-corrected chi connectivity index (χ2v) is 9.55. The molecular weight excluding hydrogens is 417 g/mol. The maximum absolute atomic E-state index is 13.3. The van der Waals surface area contributed by atoms with E-state index in [0.29, 0.717) is 43.8 Å². The SMILES string of the molecule is O=S(=O)(c1cccc2cccnc12)N1CCN(CCn2cnc3cc(F)ccc32)CC1. The van der Waals surface area contributed by atoms with Gasteiger partial charge in [0.05, 0.1) is 22.9 Å². The summed E-state index contributed by atoms with van der Waals surface area (Å²) >= 11 is 0. The fraction of sp³-hybridized carbons (Fsp3) is 0.273. The molecule has 2 aromatic carbocycles. The molecule has 1 aliphatic heterocycles. The van der Waals surface area contributed by atoms with Crippen molar-refractivity contribution in [3.63, 3.8) is 0 Å². The van der Waals surface area contributed by atoms with Gasteiger partial charge in [0.15, 0.2) is 0 Å². The van der Waals surface area contributed by atoms with Crippen molar-refractivity contribution in [3.05, 3.63) is 66.9 Å². The number of hydrogen-bond donors (Lipinski definition) is 0. The Morgan fingerprint density at radius 2 is 1.74 bits per heavy atom. The average molecular weight is 440 g/mol. The van der Waals surface area contributed by atoms with Gasteiger partial charge in [-0.3, -0.25) is 9.88 Å². The predicted octanol–water partition coefficient (Wildman–Crippen LogP) is 2.73. The number of imidazole rings is 1. The van der Waals surface area contributed by atoms with Crippen LogP contribution in [0.4, 0.5) is 4.39 Å². The van der Waals surface area contributed by atoms with Gasteiger partial charge in [0.2, 0.25) is 10.0 Å². The van der Waals surface area contributed by atoms with Crippen LogP contribution in [0.3, 0.4) is 0 Å². The van der Waals surface area contributed by atoms with Crippen LogP contribution in [0.15, 0.2) is 66.0 Å². The third-order valence-corrected chi connectivity index (χ3v) is 7.72. The molecule has 1 fully saturated rings. The lowest BCUT2D eigenvalue weighted by atomic mass is 10.2. The van der Waals surface area contributed by atoms with Crippen molar-refractivity contribution in [2.75, 3.05) is 32.7 Å². The zero-order chi connectivity index (χ0) is 21.4. The first-order valence-corrected chi connectivity index (χ1v) is 11.6. The number of rotatable bonds is 5. The van der Waals surface area contributed by atoms with E-state index in [1.165, 1.54) is 12.1 Å². The van der Waals surface area contributed by atoms with Gasteiger partial charge in [0.25, 0.3) is 0 Å². The Labute approximate surface area is 179 Å². The molecule has 160 valence electrons. The molecule has 0 unspecified atom stereocenters. The van der Waals surface area contributed by atoms with Crippen molar-refractivity contribution in [3.8, 4) is 0 Å². The van der Waals surface area contributed by atoms with Crippen LogP contribution in [0.1, 0.15) is 0 Å². The summed E-state index contributed by atoms with van der Waals surface area (Å²) in [5, 5.41) is 0.814. The summed E-state index contributed by atoms with van der Waals surface area (Å²) in [6.07, 6.45) is 3.34. The highest BCUT2D eigenvalue weighted by Crippen LogP contribution is 2.25. The molecule has 0 saturated carbocycles.